The summed E-state index contributed by atoms with van der Waals surface area (Å²) in [6, 6.07) is 1.25. The molecule has 8 nitrogen and oxygen atoms in total. The summed E-state index contributed by atoms with van der Waals surface area (Å²) < 4.78 is 78.1. The molecular weight excluding hydrogens is 786 g/mol. The van der Waals surface area contributed by atoms with E-state index in [0.29, 0.717) is 0 Å². The average molecular weight is 803 g/mol. The van der Waals surface area contributed by atoms with E-state index in [0.717, 1.165) is 4.90 Å². The number of halogens is 9. The molecule has 0 bridgehead atoms. The molecule has 1 N–H and O–H groups in total. The molecule has 1 saturated carbocycles. The Hall–Kier alpha value is -2.75. The van der Waals surface area contributed by atoms with E-state index in [-0.39, 0.29) is 37.2 Å². The van der Waals surface area contributed by atoms with Gasteiger partial charge in [-0.15, -0.1) is 23.2 Å². The minimum Gasteiger partial charge on any atom is -0.503 e. The number of hydrogen-bond acceptors (Lipinski definition) is 6. The minimum absolute atomic E-state index is 0.00165. The molecule has 2 saturated heterocycles. The van der Waals surface area contributed by atoms with Crippen LogP contribution in [0.5, 0.6) is 11.5 Å². The molecule has 6 rings (SSSR count). The summed E-state index contributed by atoms with van der Waals surface area (Å²) >= 11 is 20.7. The highest BCUT2D eigenvalue weighted by Crippen LogP contribution is 2.67. The molecule has 238 valence electrons. The molecule has 2 aliphatic heterocycles. The van der Waals surface area contributed by atoms with Gasteiger partial charge in [0, 0.05) is 17.4 Å². The number of anilines is 1. The summed E-state index contributed by atoms with van der Waals surface area (Å²) in [5.74, 6) is -21.8. The summed E-state index contributed by atoms with van der Waals surface area (Å²) in [4.78, 5) is 50.0. The van der Waals surface area contributed by atoms with Crippen LogP contribution in [0.15, 0.2) is 26.7 Å². The third kappa shape index (κ3) is 3.86. The lowest BCUT2D eigenvalue weighted by Crippen LogP contribution is -2.60. The number of likely N-dealkylation sites (tertiary alicyclic amines) is 1. The predicted molar refractivity (Wildman–Crippen MR) is 154 cm³/mol. The van der Waals surface area contributed by atoms with Crippen molar-refractivity contribution in [2.24, 2.45) is 17.8 Å². The maximum absolute atomic E-state index is 15.1. The van der Waals surface area contributed by atoms with Crippen molar-refractivity contribution in [2.45, 2.75) is 28.5 Å². The smallest absolute Gasteiger partial charge is 0.258 e. The fourth-order valence-electron chi connectivity index (χ4n) is 7.05. The van der Waals surface area contributed by atoms with Gasteiger partial charge in [0.1, 0.15) is 5.69 Å². The predicted octanol–water partition coefficient (Wildman–Crippen LogP) is 5.81. The lowest BCUT2D eigenvalue weighted by molar-refractivity contribution is -0.138. The van der Waals surface area contributed by atoms with E-state index < -0.39 is 104 Å². The Kier molecular flexibility index (Phi) is 7.43. The van der Waals surface area contributed by atoms with Gasteiger partial charge in [0.25, 0.3) is 11.8 Å². The Labute approximate surface area is 277 Å². The SMILES string of the molecule is COc1cc(C2C3=CCC4C(=O)N(C)C(=O)C4C3CC3(Cl)C(=O)N(c4c(F)c(F)c(F)c(F)c4F)C(=O)C23Cl)c(Br)c(Br)c1O. The molecule has 2 aromatic carbocycles. The number of alkyl halides is 2. The van der Waals surface area contributed by atoms with E-state index in [4.69, 9.17) is 27.9 Å². The quantitative estimate of drug-likeness (QED) is 0.105. The van der Waals surface area contributed by atoms with Gasteiger partial charge < -0.3 is 9.84 Å². The van der Waals surface area contributed by atoms with Crippen molar-refractivity contribution in [3.63, 3.8) is 0 Å². The van der Waals surface area contributed by atoms with Gasteiger partial charge in [-0.25, -0.2) is 26.9 Å². The zero-order valence-corrected chi connectivity index (χ0v) is 27.3. The van der Waals surface area contributed by atoms with Crippen molar-refractivity contribution in [1.82, 2.24) is 4.90 Å². The Morgan fingerprint density at radius 2 is 1.49 bits per heavy atom. The fraction of sp³-hybridized carbons (Fsp3) is 0.357. The van der Waals surface area contributed by atoms with E-state index in [2.05, 4.69) is 31.9 Å². The van der Waals surface area contributed by atoms with Gasteiger partial charge in [0.05, 0.1) is 23.4 Å². The number of amides is 4. The van der Waals surface area contributed by atoms with Gasteiger partial charge in [-0.05, 0) is 62.2 Å². The maximum atomic E-state index is 15.1. The molecule has 0 spiro atoms. The van der Waals surface area contributed by atoms with E-state index in [9.17, 15) is 37.5 Å². The molecule has 0 aromatic heterocycles. The van der Waals surface area contributed by atoms with Crippen molar-refractivity contribution in [3.8, 4) is 11.5 Å². The van der Waals surface area contributed by atoms with E-state index in [1.165, 1.54) is 20.2 Å². The highest BCUT2D eigenvalue weighted by Gasteiger charge is 2.77. The minimum atomic E-state index is -2.72. The first-order valence-corrected chi connectivity index (χ1v) is 15.4. The molecule has 2 aliphatic carbocycles. The summed E-state index contributed by atoms with van der Waals surface area (Å²) in [5.41, 5.74) is -1.59. The van der Waals surface area contributed by atoms with Crippen LogP contribution >= 0.6 is 55.1 Å². The molecule has 2 aromatic rings. The van der Waals surface area contributed by atoms with Gasteiger partial charge in [-0.1, -0.05) is 11.6 Å². The Morgan fingerprint density at radius 3 is 2.07 bits per heavy atom. The number of phenols is 1. The number of imide groups is 2. The lowest BCUT2D eigenvalue weighted by atomic mass is 9.56. The third-order valence-corrected chi connectivity index (χ3v) is 12.7. The van der Waals surface area contributed by atoms with Crippen LogP contribution in [0.3, 0.4) is 0 Å². The van der Waals surface area contributed by atoms with Crippen molar-refractivity contribution in [2.75, 3.05) is 19.1 Å². The summed E-state index contributed by atoms with van der Waals surface area (Å²) in [5, 5.41) is 10.6. The highest BCUT2D eigenvalue weighted by atomic mass is 79.9. The van der Waals surface area contributed by atoms with Gasteiger partial charge in [0.15, 0.2) is 44.5 Å². The second-order valence-electron chi connectivity index (χ2n) is 11.1. The number of nitrogens with zero attached hydrogens (tertiary/aromatic N) is 2. The molecule has 0 radical (unpaired) electrons. The number of phenolic OH excluding ortho intramolecular Hbond substituents is 1. The zero-order valence-electron chi connectivity index (χ0n) is 22.7. The lowest BCUT2D eigenvalue weighted by Gasteiger charge is -2.51. The topological polar surface area (TPSA) is 104 Å². The monoisotopic (exact) mass is 800 g/mol. The van der Waals surface area contributed by atoms with Gasteiger partial charge in [-0.2, -0.15) is 0 Å². The third-order valence-electron chi connectivity index (χ3n) is 9.15. The van der Waals surface area contributed by atoms with Crippen LogP contribution in [0, 0.1) is 46.8 Å². The van der Waals surface area contributed by atoms with Crippen molar-refractivity contribution >= 4 is 84.4 Å². The van der Waals surface area contributed by atoms with Gasteiger partial charge >= 0.3 is 0 Å². The molecule has 2 heterocycles. The summed E-state index contributed by atoms with van der Waals surface area (Å²) in [7, 11) is 2.49. The highest BCUT2D eigenvalue weighted by molar-refractivity contribution is 9.13. The van der Waals surface area contributed by atoms with Crippen LogP contribution in [0.4, 0.5) is 27.6 Å². The van der Waals surface area contributed by atoms with E-state index in [1.807, 2.05) is 0 Å². The molecule has 4 amide bonds. The van der Waals surface area contributed by atoms with Crippen molar-refractivity contribution in [3.05, 3.63) is 61.3 Å². The maximum Gasteiger partial charge on any atom is 0.258 e. The van der Waals surface area contributed by atoms with Crippen LogP contribution in [-0.2, 0) is 19.2 Å². The number of rotatable bonds is 3. The largest absolute Gasteiger partial charge is 0.503 e. The first-order valence-electron chi connectivity index (χ1n) is 13.0. The Morgan fingerprint density at radius 1 is 0.911 bits per heavy atom. The fourth-order valence-corrected chi connectivity index (χ4v) is 8.93. The second kappa shape index (κ2) is 10.4. The first kappa shape index (κ1) is 32.2. The van der Waals surface area contributed by atoms with Crippen molar-refractivity contribution in [1.29, 1.82) is 0 Å². The molecule has 45 heavy (non-hydrogen) atoms. The number of carbonyl (C=O) groups is 4. The zero-order chi connectivity index (χ0) is 33.2. The second-order valence-corrected chi connectivity index (χ2v) is 13.9. The number of aromatic hydroxyl groups is 1. The number of methoxy groups -OCH3 is 1. The summed E-state index contributed by atoms with van der Waals surface area (Å²) in [6.45, 7) is 0. The van der Waals surface area contributed by atoms with Crippen LogP contribution in [0.25, 0.3) is 0 Å². The van der Waals surface area contributed by atoms with Crippen LogP contribution < -0.4 is 9.64 Å². The normalized spacial score (nSPS) is 30.9. The average Bonchev–Trinajstić information content (AvgIpc) is 3.32. The van der Waals surface area contributed by atoms with Gasteiger partial charge in [0.2, 0.25) is 17.6 Å². The van der Waals surface area contributed by atoms with Crippen LogP contribution in [0.1, 0.15) is 24.3 Å². The molecule has 6 atom stereocenters. The van der Waals surface area contributed by atoms with Gasteiger partial charge in [-0.3, -0.25) is 24.1 Å². The number of allylic oxidation sites excluding steroid dienone is 2. The summed E-state index contributed by atoms with van der Waals surface area (Å²) in [6.07, 6.45) is 0.931. The molecule has 4 aliphatic rings. The molecule has 17 heteroatoms. The number of ether oxygens (including phenoxy) is 1. The number of benzene rings is 2. The number of carbonyl (C=O) groups excluding carboxylic acids is 4. The van der Waals surface area contributed by atoms with Crippen LogP contribution in [-0.4, -0.2) is 57.5 Å². The molecule has 3 fully saturated rings. The van der Waals surface area contributed by atoms with Crippen molar-refractivity contribution < 1.29 is 51.0 Å². The Balaban J connectivity index is 1.67. The van der Waals surface area contributed by atoms with Crippen LogP contribution in [0.2, 0.25) is 0 Å². The standard InChI is InChI=1S/C28H17Br2Cl2F5N2O6/c1-38-23(41)8-4-3-7-10(12(8)24(38)42)6-27(31)25(43)39(21-19(36)17(34)16(33)18(35)20(21)37)26(44)28(27,32)13(7)9-5-11(45-2)22(40)15(30)14(9)29/h3,5,8,10,12-13,40H,4,6H2,1-2H3. The van der Waals surface area contributed by atoms with E-state index >= 15 is 8.78 Å². The molecular formula is C28H17Br2Cl2F5N2O6. The molecule has 6 unspecified atom stereocenters. The first-order chi connectivity index (χ1) is 21.0. The Bertz CT molecular complexity index is 1800. The van der Waals surface area contributed by atoms with E-state index in [1.54, 1.807) is 6.08 Å². The number of hydrogen-bond donors (Lipinski definition) is 1. The number of fused-ring (bicyclic) bond motifs is 4.